The fourth-order valence-electron chi connectivity index (χ4n) is 1.91. The molecular weight excluding hydrogens is 333 g/mol. The number of rotatable bonds is 3. The molecule has 7 nitrogen and oxygen atoms in total. The fourth-order valence-corrected chi connectivity index (χ4v) is 2.20. The number of likely N-dealkylation sites (N-methyl/N-ethyl adjacent to an activating group) is 1. The SMILES string of the molecule is CCNC(=O)O[C@H]1C(=O)N(c2ccc(Cl)c(Cl)c2)C(=O)N1C. The zero-order chi connectivity index (χ0) is 16.4. The first kappa shape index (κ1) is 16.4. The van der Waals surface area contributed by atoms with Crippen molar-refractivity contribution in [2.75, 3.05) is 18.5 Å². The van der Waals surface area contributed by atoms with Crippen LogP contribution in [0.15, 0.2) is 18.2 Å². The normalized spacial score (nSPS) is 17.9. The minimum absolute atomic E-state index is 0.204. The Morgan fingerprint density at radius 2 is 2.00 bits per heavy atom. The van der Waals surface area contributed by atoms with Crippen molar-refractivity contribution in [3.8, 4) is 0 Å². The molecule has 0 aliphatic carbocycles. The van der Waals surface area contributed by atoms with E-state index in [0.29, 0.717) is 11.6 Å². The van der Waals surface area contributed by atoms with Crippen LogP contribution in [0.25, 0.3) is 0 Å². The van der Waals surface area contributed by atoms with Gasteiger partial charge < -0.3 is 10.1 Å². The standard InChI is InChI=1S/C13H13Cl2N3O4/c1-3-16-12(20)22-11-10(19)18(13(21)17(11)2)7-4-5-8(14)9(15)6-7/h4-6,11H,3H2,1-2H3,(H,16,20)/t11-/m0/s1. The molecule has 1 aromatic rings. The molecule has 1 fully saturated rings. The third-order valence-corrected chi connectivity index (χ3v) is 3.72. The summed E-state index contributed by atoms with van der Waals surface area (Å²) in [5.41, 5.74) is 0.248. The van der Waals surface area contributed by atoms with E-state index in [4.69, 9.17) is 27.9 Å². The number of nitrogens with zero attached hydrogens (tertiary/aromatic N) is 2. The van der Waals surface area contributed by atoms with E-state index in [2.05, 4.69) is 5.32 Å². The number of ether oxygens (including phenoxy) is 1. The topological polar surface area (TPSA) is 79.0 Å². The van der Waals surface area contributed by atoms with Gasteiger partial charge in [-0.15, -0.1) is 0 Å². The van der Waals surface area contributed by atoms with Gasteiger partial charge in [-0.3, -0.25) is 9.69 Å². The van der Waals surface area contributed by atoms with Crippen LogP contribution in [0.3, 0.4) is 0 Å². The zero-order valence-electron chi connectivity index (χ0n) is 11.8. The van der Waals surface area contributed by atoms with Gasteiger partial charge in [0.05, 0.1) is 15.7 Å². The summed E-state index contributed by atoms with van der Waals surface area (Å²) in [6.07, 6.45) is -2.11. The highest BCUT2D eigenvalue weighted by Gasteiger charge is 2.46. The highest BCUT2D eigenvalue weighted by atomic mass is 35.5. The minimum atomic E-state index is -1.33. The molecule has 9 heteroatoms. The molecule has 2 rings (SSSR count). The van der Waals surface area contributed by atoms with E-state index in [-0.39, 0.29) is 10.7 Å². The van der Waals surface area contributed by atoms with Crippen LogP contribution in [-0.2, 0) is 9.53 Å². The largest absolute Gasteiger partial charge is 0.415 e. The van der Waals surface area contributed by atoms with Crippen LogP contribution < -0.4 is 10.2 Å². The molecule has 0 bridgehead atoms. The molecule has 0 unspecified atom stereocenters. The molecule has 1 aromatic carbocycles. The van der Waals surface area contributed by atoms with Gasteiger partial charge in [0.25, 0.3) is 12.1 Å². The predicted octanol–water partition coefficient (Wildman–Crippen LogP) is 2.46. The molecule has 118 valence electrons. The number of urea groups is 1. The Bertz CT molecular complexity index is 638. The minimum Gasteiger partial charge on any atom is -0.415 e. The molecule has 0 spiro atoms. The second kappa shape index (κ2) is 6.41. The third kappa shape index (κ3) is 2.95. The summed E-state index contributed by atoms with van der Waals surface area (Å²) in [5, 5.41) is 2.89. The van der Waals surface area contributed by atoms with E-state index >= 15 is 0 Å². The molecule has 22 heavy (non-hydrogen) atoms. The van der Waals surface area contributed by atoms with Crippen LogP contribution in [0.2, 0.25) is 10.0 Å². The number of halogens is 2. The van der Waals surface area contributed by atoms with Crippen molar-refractivity contribution in [3.63, 3.8) is 0 Å². The Balaban J connectivity index is 2.26. The average Bonchev–Trinajstić information content (AvgIpc) is 2.67. The molecule has 1 atom stereocenters. The van der Waals surface area contributed by atoms with Crippen molar-refractivity contribution < 1.29 is 19.1 Å². The van der Waals surface area contributed by atoms with Crippen molar-refractivity contribution >= 4 is 46.9 Å². The van der Waals surface area contributed by atoms with Crippen molar-refractivity contribution in [2.45, 2.75) is 13.2 Å². The van der Waals surface area contributed by atoms with E-state index in [9.17, 15) is 14.4 Å². The van der Waals surface area contributed by atoms with Gasteiger partial charge >= 0.3 is 12.1 Å². The van der Waals surface area contributed by atoms with E-state index in [1.165, 1.54) is 25.2 Å². The molecule has 0 radical (unpaired) electrons. The van der Waals surface area contributed by atoms with Crippen LogP contribution in [0, 0.1) is 0 Å². The maximum absolute atomic E-state index is 12.3. The molecule has 0 saturated carbocycles. The lowest BCUT2D eigenvalue weighted by molar-refractivity contribution is -0.128. The van der Waals surface area contributed by atoms with Gasteiger partial charge in [-0.25, -0.2) is 14.5 Å². The first-order valence-electron chi connectivity index (χ1n) is 6.37. The summed E-state index contributed by atoms with van der Waals surface area (Å²) in [4.78, 5) is 37.9. The molecule has 1 aliphatic heterocycles. The lowest BCUT2D eigenvalue weighted by Gasteiger charge is -2.16. The summed E-state index contributed by atoms with van der Waals surface area (Å²) < 4.78 is 4.96. The Hall–Kier alpha value is -1.99. The van der Waals surface area contributed by atoms with Crippen molar-refractivity contribution in [1.82, 2.24) is 10.2 Å². The second-order valence-electron chi connectivity index (χ2n) is 4.45. The fraction of sp³-hybridized carbons (Fsp3) is 0.308. The van der Waals surface area contributed by atoms with Gasteiger partial charge in [0.2, 0.25) is 0 Å². The molecule has 1 heterocycles. The Morgan fingerprint density at radius 3 is 2.59 bits per heavy atom. The third-order valence-electron chi connectivity index (χ3n) is 2.98. The first-order chi connectivity index (χ1) is 10.4. The van der Waals surface area contributed by atoms with Gasteiger partial charge in [-0.1, -0.05) is 23.2 Å². The van der Waals surface area contributed by atoms with Crippen LogP contribution in [0.1, 0.15) is 6.92 Å². The number of amides is 4. The molecule has 0 aromatic heterocycles. The number of hydrogen-bond donors (Lipinski definition) is 1. The number of alkyl carbamates (subject to hydrolysis) is 1. The molecule has 1 aliphatic rings. The number of benzene rings is 1. The number of nitrogens with one attached hydrogen (secondary N) is 1. The summed E-state index contributed by atoms with van der Waals surface area (Å²) in [6, 6.07) is 3.71. The zero-order valence-corrected chi connectivity index (χ0v) is 13.3. The van der Waals surface area contributed by atoms with Crippen molar-refractivity contribution in [2.24, 2.45) is 0 Å². The Kier molecular flexibility index (Phi) is 4.77. The highest BCUT2D eigenvalue weighted by molar-refractivity contribution is 6.42. The monoisotopic (exact) mass is 345 g/mol. The van der Waals surface area contributed by atoms with Gasteiger partial charge in [0, 0.05) is 13.6 Å². The quantitative estimate of drug-likeness (QED) is 0.853. The maximum atomic E-state index is 12.3. The van der Waals surface area contributed by atoms with Crippen LogP contribution >= 0.6 is 23.2 Å². The first-order valence-corrected chi connectivity index (χ1v) is 7.12. The number of anilines is 1. The number of carbonyl (C=O) groups is 3. The number of hydrogen-bond acceptors (Lipinski definition) is 4. The Morgan fingerprint density at radius 1 is 1.32 bits per heavy atom. The van der Waals surface area contributed by atoms with E-state index in [1.54, 1.807) is 6.92 Å². The van der Waals surface area contributed by atoms with Crippen LogP contribution in [0.4, 0.5) is 15.3 Å². The Labute approximate surface area is 136 Å². The molecule has 1 N–H and O–H groups in total. The smallest absolute Gasteiger partial charge is 0.409 e. The second-order valence-corrected chi connectivity index (χ2v) is 5.27. The van der Waals surface area contributed by atoms with Crippen LogP contribution in [0.5, 0.6) is 0 Å². The average molecular weight is 346 g/mol. The van der Waals surface area contributed by atoms with Gasteiger partial charge in [-0.2, -0.15) is 0 Å². The van der Waals surface area contributed by atoms with E-state index in [0.717, 1.165) is 9.80 Å². The van der Waals surface area contributed by atoms with Gasteiger partial charge in [0.1, 0.15) is 0 Å². The maximum Gasteiger partial charge on any atom is 0.409 e. The van der Waals surface area contributed by atoms with Crippen molar-refractivity contribution in [3.05, 3.63) is 28.2 Å². The number of imide groups is 1. The predicted molar refractivity (Wildman–Crippen MR) is 81.1 cm³/mol. The lowest BCUT2D eigenvalue weighted by atomic mass is 10.3. The molecule has 4 amide bonds. The molecular formula is C13H13Cl2N3O4. The molecule has 1 saturated heterocycles. The van der Waals surface area contributed by atoms with E-state index in [1.807, 2.05) is 0 Å². The summed E-state index contributed by atoms with van der Waals surface area (Å²) in [6.45, 7) is 2.04. The summed E-state index contributed by atoms with van der Waals surface area (Å²) >= 11 is 11.7. The lowest BCUT2D eigenvalue weighted by Crippen LogP contribution is -2.39. The van der Waals surface area contributed by atoms with Gasteiger partial charge in [-0.05, 0) is 25.1 Å². The highest BCUT2D eigenvalue weighted by Crippen LogP contribution is 2.30. The van der Waals surface area contributed by atoms with Crippen LogP contribution in [-0.4, -0.2) is 42.8 Å². The van der Waals surface area contributed by atoms with E-state index < -0.39 is 24.3 Å². The summed E-state index contributed by atoms with van der Waals surface area (Å²) in [7, 11) is 1.36. The summed E-state index contributed by atoms with van der Waals surface area (Å²) in [5.74, 6) is -0.683. The number of carbonyl (C=O) groups excluding carboxylic acids is 3. The van der Waals surface area contributed by atoms with Crippen molar-refractivity contribution in [1.29, 1.82) is 0 Å². The van der Waals surface area contributed by atoms with Gasteiger partial charge in [0.15, 0.2) is 0 Å².